The van der Waals surface area contributed by atoms with Crippen molar-refractivity contribution in [1.29, 1.82) is 0 Å². The minimum atomic E-state index is -0.716. The van der Waals surface area contributed by atoms with Crippen LogP contribution in [0, 0.1) is 5.82 Å². The number of hydrogen-bond acceptors (Lipinski definition) is 3. The summed E-state index contributed by atoms with van der Waals surface area (Å²) in [7, 11) is 0. The first-order valence-corrected chi connectivity index (χ1v) is 10.1. The predicted octanol–water partition coefficient (Wildman–Crippen LogP) is 5.24. The molecule has 0 bridgehead atoms. The fraction of sp³-hybridized carbons (Fsp3) is 0.192. The number of carbonyl (C=O) groups is 1. The second-order valence-electron chi connectivity index (χ2n) is 7.80. The summed E-state index contributed by atoms with van der Waals surface area (Å²) in [5.41, 5.74) is 3.89. The Morgan fingerprint density at radius 2 is 1.97 bits per heavy atom. The van der Waals surface area contributed by atoms with E-state index in [0.29, 0.717) is 24.3 Å². The highest BCUT2D eigenvalue weighted by Gasteiger charge is 2.38. The number of hydrogen-bond donors (Lipinski definition) is 0. The Balaban J connectivity index is 1.72. The van der Waals surface area contributed by atoms with Gasteiger partial charge in [-0.15, -0.1) is 0 Å². The third kappa shape index (κ3) is 3.00. The second kappa shape index (κ2) is 7.13. The Bertz CT molecular complexity index is 1180. The molecule has 0 spiro atoms. The topological polar surface area (TPSA) is 35.5 Å². The minimum Gasteiger partial charge on any atom is -0.493 e. The first kappa shape index (κ1) is 18.6. The molecule has 3 aromatic carbocycles. The summed E-state index contributed by atoms with van der Waals surface area (Å²) in [6.45, 7) is 2.06. The largest absolute Gasteiger partial charge is 0.493 e. The van der Waals surface area contributed by atoms with Crippen LogP contribution in [-0.4, -0.2) is 12.6 Å². The van der Waals surface area contributed by atoms with Crippen molar-refractivity contribution < 1.29 is 18.7 Å². The molecule has 1 heterocycles. The Labute approximate surface area is 174 Å². The van der Waals surface area contributed by atoms with Crippen molar-refractivity contribution in [2.45, 2.75) is 25.2 Å². The van der Waals surface area contributed by atoms with Gasteiger partial charge < -0.3 is 9.47 Å². The van der Waals surface area contributed by atoms with Crippen LogP contribution in [0.3, 0.4) is 0 Å². The maximum atomic E-state index is 15.1. The fourth-order valence-electron chi connectivity index (χ4n) is 4.57. The Hall–Kier alpha value is -3.40. The summed E-state index contributed by atoms with van der Waals surface area (Å²) in [4.78, 5) is 11.7. The van der Waals surface area contributed by atoms with Crippen molar-refractivity contribution >= 4 is 12.0 Å². The molecule has 4 heteroatoms. The molecule has 1 atom stereocenters. The molecule has 0 saturated heterocycles. The summed E-state index contributed by atoms with van der Waals surface area (Å²) in [5, 5.41) is 0. The Morgan fingerprint density at radius 1 is 1.10 bits per heavy atom. The second-order valence-corrected chi connectivity index (χ2v) is 7.80. The number of esters is 1. The van der Waals surface area contributed by atoms with E-state index in [1.54, 1.807) is 12.1 Å². The molecule has 0 aromatic heterocycles. The molecule has 3 nitrogen and oxygen atoms in total. The summed E-state index contributed by atoms with van der Waals surface area (Å²) < 4.78 is 26.3. The lowest BCUT2D eigenvalue weighted by Gasteiger charge is -2.36. The zero-order chi connectivity index (χ0) is 20.7. The van der Waals surface area contributed by atoms with Gasteiger partial charge in [-0.1, -0.05) is 54.6 Å². The minimum absolute atomic E-state index is 0.257. The highest BCUT2D eigenvalue weighted by molar-refractivity contribution is 5.73. The Kier molecular flexibility index (Phi) is 4.43. The monoisotopic (exact) mass is 400 g/mol. The molecule has 1 unspecified atom stereocenters. The first-order chi connectivity index (χ1) is 14.6. The molecule has 0 radical (unpaired) electrons. The van der Waals surface area contributed by atoms with E-state index in [9.17, 15) is 4.79 Å². The van der Waals surface area contributed by atoms with Crippen molar-refractivity contribution in [2.24, 2.45) is 0 Å². The van der Waals surface area contributed by atoms with Gasteiger partial charge in [0.15, 0.2) is 0 Å². The highest BCUT2D eigenvalue weighted by atomic mass is 19.1. The maximum absolute atomic E-state index is 15.1. The van der Waals surface area contributed by atoms with E-state index in [4.69, 9.17) is 9.47 Å². The summed E-state index contributed by atoms with van der Waals surface area (Å²) in [5.74, 6) is 0.786. The molecule has 0 amide bonds. The molecule has 3 aromatic rings. The summed E-state index contributed by atoms with van der Waals surface area (Å²) in [6.07, 6.45) is 5.41. The molecule has 1 aliphatic heterocycles. The van der Waals surface area contributed by atoms with Crippen molar-refractivity contribution in [2.75, 3.05) is 6.61 Å². The van der Waals surface area contributed by atoms with Gasteiger partial charge in [0.2, 0.25) is 0 Å². The predicted molar refractivity (Wildman–Crippen MR) is 113 cm³/mol. The van der Waals surface area contributed by atoms with Gasteiger partial charge in [-0.3, -0.25) is 4.79 Å². The van der Waals surface area contributed by atoms with Crippen molar-refractivity contribution in [1.82, 2.24) is 0 Å². The van der Waals surface area contributed by atoms with Crippen LogP contribution in [0.2, 0.25) is 0 Å². The van der Waals surface area contributed by atoms with Gasteiger partial charge in [0.25, 0.3) is 0 Å². The number of allylic oxidation sites excluding steroid dienone is 1. The SMILES string of the molecule is CC(=O)Oc1cccc2c1CC(c1ccc3c(c1)CCO3)(c1ccccc1F)C=C2. The van der Waals surface area contributed by atoms with Gasteiger partial charge in [-0.05, 0) is 41.3 Å². The summed E-state index contributed by atoms with van der Waals surface area (Å²) >= 11 is 0. The van der Waals surface area contributed by atoms with Gasteiger partial charge in [-0.2, -0.15) is 0 Å². The molecule has 0 saturated carbocycles. The van der Waals surface area contributed by atoms with Gasteiger partial charge in [0.1, 0.15) is 17.3 Å². The zero-order valence-corrected chi connectivity index (χ0v) is 16.7. The zero-order valence-electron chi connectivity index (χ0n) is 16.7. The normalized spacial score (nSPS) is 19.0. The number of ether oxygens (including phenoxy) is 2. The molecular formula is C26H21FO3. The van der Waals surface area contributed by atoms with E-state index in [2.05, 4.69) is 12.1 Å². The highest BCUT2D eigenvalue weighted by Crippen LogP contribution is 2.46. The number of halogens is 1. The smallest absolute Gasteiger partial charge is 0.308 e. The van der Waals surface area contributed by atoms with Gasteiger partial charge >= 0.3 is 5.97 Å². The van der Waals surface area contributed by atoms with E-state index < -0.39 is 5.41 Å². The van der Waals surface area contributed by atoms with Crippen molar-refractivity contribution in [3.8, 4) is 11.5 Å². The molecule has 150 valence electrons. The van der Waals surface area contributed by atoms with E-state index in [-0.39, 0.29) is 11.8 Å². The summed E-state index contributed by atoms with van der Waals surface area (Å²) in [6, 6.07) is 18.6. The van der Waals surface area contributed by atoms with Crippen LogP contribution in [0.25, 0.3) is 6.08 Å². The van der Waals surface area contributed by atoms with Gasteiger partial charge in [0.05, 0.1) is 6.61 Å². The average Bonchev–Trinajstić information content (AvgIpc) is 3.22. The fourth-order valence-corrected chi connectivity index (χ4v) is 4.57. The number of benzene rings is 3. The van der Waals surface area contributed by atoms with Crippen LogP contribution in [0.1, 0.15) is 34.7 Å². The van der Waals surface area contributed by atoms with Crippen LogP contribution >= 0.6 is 0 Å². The van der Waals surface area contributed by atoms with Gasteiger partial charge in [-0.25, -0.2) is 4.39 Å². The Morgan fingerprint density at radius 3 is 2.80 bits per heavy atom. The van der Waals surface area contributed by atoms with Crippen LogP contribution in [0.4, 0.5) is 4.39 Å². The molecule has 30 heavy (non-hydrogen) atoms. The van der Waals surface area contributed by atoms with Crippen LogP contribution in [0.15, 0.2) is 66.7 Å². The number of fused-ring (bicyclic) bond motifs is 2. The third-order valence-electron chi connectivity index (χ3n) is 5.99. The van der Waals surface area contributed by atoms with E-state index in [1.165, 1.54) is 13.0 Å². The lowest BCUT2D eigenvalue weighted by molar-refractivity contribution is -0.131. The van der Waals surface area contributed by atoms with Gasteiger partial charge in [0, 0.05) is 29.9 Å². The maximum Gasteiger partial charge on any atom is 0.308 e. The quantitative estimate of drug-likeness (QED) is 0.445. The van der Waals surface area contributed by atoms with Crippen LogP contribution < -0.4 is 9.47 Å². The van der Waals surface area contributed by atoms with E-state index in [0.717, 1.165) is 34.4 Å². The molecule has 1 aliphatic carbocycles. The standard InChI is InChI=1S/C26H21FO3/c1-17(28)30-25-8-4-5-18-11-13-26(16-21(18)25,22-6-2-3-7-23(22)27)20-9-10-24-19(15-20)12-14-29-24/h2-11,13,15H,12,14,16H2,1H3. The van der Waals surface area contributed by atoms with Crippen molar-refractivity contribution in [3.05, 3.63) is 100 Å². The lowest BCUT2D eigenvalue weighted by Crippen LogP contribution is -2.32. The van der Waals surface area contributed by atoms with Crippen molar-refractivity contribution in [3.63, 3.8) is 0 Å². The third-order valence-corrected chi connectivity index (χ3v) is 5.99. The van der Waals surface area contributed by atoms with Crippen LogP contribution in [-0.2, 0) is 23.1 Å². The molecule has 2 aliphatic rings. The van der Waals surface area contributed by atoms with E-state index >= 15 is 4.39 Å². The molecule has 0 fully saturated rings. The number of carbonyl (C=O) groups excluding carboxylic acids is 1. The first-order valence-electron chi connectivity index (χ1n) is 10.1. The lowest BCUT2D eigenvalue weighted by atomic mass is 9.66. The molecule has 5 rings (SSSR count). The average molecular weight is 400 g/mol. The molecular weight excluding hydrogens is 379 g/mol. The number of rotatable bonds is 3. The molecule has 0 N–H and O–H groups in total. The van der Waals surface area contributed by atoms with Crippen LogP contribution in [0.5, 0.6) is 11.5 Å². The van der Waals surface area contributed by atoms with E-state index in [1.807, 2.05) is 42.5 Å².